The van der Waals surface area contributed by atoms with E-state index in [1.807, 2.05) is 0 Å². The molecule has 1 aliphatic heterocycles. The van der Waals surface area contributed by atoms with E-state index >= 15 is 0 Å². The van der Waals surface area contributed by atoms with Crippen LogP contribution in [0, 0.1) is 0 Å². The highest BCUT2D eigenvalue weighted by atomic mass is 35.5. The quantitative estimate of drug-likeness (QED) is 0.681. The third kappa shape index (κ3) is 2.64. The second-order valence-corrected chi connectivity index (χ2v) is 4.03. The van der Waals surface area contributed by atoms with E-state index in [1.54, 1.807) is 4.90 Å². The Hall–Kier alpha value is -1.83. The second kappa shape index (κ2) is 4.58. The van der Waals surface area contributed by atoms with E-state index in [-0.39, 0.29) is 17.0 Å². The van der Waals surface area contributed by atoms with Crippen LogP contribution in [-0.4, -0.2) is 45.5 Å². The van der Waals surface area contributed by atoms with E-state index in [1.165, 1.54) is 0 Å². The van der Waals surface area contributed by atoms with Crippen molar-refractivity contribution in [2.45, 2.75) is 12.5 Å². The fraction of sp³-hybridized carbons (Fsp3) is 0.500. The van der Waals surface area contributed by atoms with Gasteiger partial charge in [-0.3, -0.25) is 0 Å². The largest absolute Gasteiger partial charge is 0.465 e. The molecule has 4 N–H and O–H groups in total. The molecule has 1 unspecified atom stereocenters. The van der Waals surface area contributed by atoms with Gasteiger partial charge in [0.1, 0.15) is 0 Å². The molecule has 2 rings (SSSR count). The molecule has 1 aromatic rings. The first kappa shape index (κ1) is 11.6. The van der Waals surface area contributed by atoms with Crippen molar-refractivity contribution in [1.82, 2.24) is 20.5 Å². The highest BCUT2D eigenvalue weighted by molar-refractivity contribution is 6.31. The number of carboxylic acid groups (broad SMARTS) is 1. The first-order valence-electron chi connectivity index (χ1n) is 4.96. The predicted molar refractivity (Wildman–Crippen MR) is 61.0 cm³/mol. The van der Waals surface area contributed by atoms with E-state index < -0.39 is 6.09 Å². The van der Waals surface area contributed by atoms with E-state index in [2.05, 4.69) is 20.5 Å². The van der Waals surface area contributed by atoms with Gasteiger partial charge in [0.25, 0.3) is 0 Å². The third-order valence-electron chi connectivity index (χ3n) is 2.46. The monoisotopic (exact) mass is 258 g/mol. The summed E-state index contributed by atoms with van der Waals surface area (Å²) < 4.78 is 0. The molecule has 1 atom stereocenters. The van der Waals surface area contributed by atoms with Gasteiger partial charge in [-0.2, -0.15) is 4.98 Å². The van der Waals surface area contributed by atoms with Crippen molar-refractivity contribution < 1.29 is 9.90 Å². The van der Waals surface area contributed by atoms with Gasteiger partial charge in [0, 0.05) is 13.1 Å². The summed E-state index contributed by atoms with van der Waals surface area (Å²) in [7, 11) is 0. The zero-order valence-electron chi connectivity index (χ0n) is 8.80. The molecular weight excluding hydrogens is 248 g/mol. The van der Waals surface area contributed by atoms with Crippen molar-refractivity contribution in [3.05, 3.63) is 5.15 Å². The van der Waals surface area contributed by atoms with Crippen LogP contribution in [0.2, 0.25) is 5.15 Å². The van der Waals surface area contributed by atoms with Crippen molar-refractivity contribution in [3.63, 3.8) is 0 Å². The number of nitrogens with zero attached hydrogens (tertiary/aromatic N) is 4. The highest BCUT2D eigenvalue weighted by Gasteiger charge is 2.26. The number of amides is 1. The fourth-order valence-electron chi connectivity index (χ4n) is 1.68. The summed E-state index contributed by atoms with van der Waals surface area (Å²) in [6.45, 7) is 1.14. The molecule has 0 spiro atoms. The number of nitrogen functional groups attached to an aromatic ring is 1. The van der Waals surface area contributed by atoms with Crippen LogP contribution < -0.4 is 16.0 Å². The Morgan fingerprint density at radius 2 is 2.35 bits per heavy atom. The molecule has 9 heteroatoms. The second-order valence-electron chi connectivity index (χ2n) is 3.67. The Bertz CT molecular complexity index is 442. The van der Waals surface area contributed by atoms with Crippen molar-refractivity contribution in [2.24, 2.45) is 0 Å². The lowest BCUT2D eigenvalue weighted by Gasteiger charge is -2.15. The molecule has 0 aliphatic carbocycles. The average molecular weight is 259 g/mol. The number of carbonyl (C=O) groups is 1. The van der Waals surface area contributed by atoms with Crippen LogP contribution in [0.5, 0.6) is 0 Å². The van der Waals surface area contributed by atoms with E-state index in [4.69, 9.17) is 22.4 Å². The van der Waals surface area contributed by atoms with Crippen LogP contribution in [0.15, 0.2) is 0 Å². The molecule has 0 bridgehead atoms. The van der Waals surface area contributed by atoms with Crippen LogP contribution in [-0.2, 0) is 0 Å². The van der Waals surface area contributed by atoms with E-state index in [0.29, 0.717) is 25.5 Å². The zero-order valence-corrected chi connectivity index (χ0v) is 9.55. The normalized spacial score (nSPS) is 19.4. The predicted octanol–water partition coefficient (Wildman–Crippen LogP) is -0.0465. The number of rotatable bonds is 2. The molecule has 1 aliphatic rings. The van der Waals surface area contributed by atoms with Crippen molar-refractivity contribution in [3.8, 4) is 0 Å². The number of anilines is 2. The molecule has 92 valence electrons. The summed E-state index contributed by atoms with van der Waals surface area (Å²) in [4.78, 5) is 16.3. The standard InChI is InChI=1S/C8H11ClN6O2/c9-5-6(10)12-7(14-13-5)15-2-1-4(3-15)11-8(16)17/h4,11H,1-3H2,(H,16,17)(H2,10,12,14). The molecule has 17 heavy (non-hydrogen) atoms. The topological polar surface area (TPSA) is 117 Å². The molecule has 0 saturated carbocycles. The van der Waals surface area contributed by atoms with Crippen LogP contribution in [0.4, 0.5) is 16.6 Å². The van der Waals surface area contributed by atoms with Crippen LogP contribution >= 0.6 is 11.6 Å². The summed E-state index contributed by atoms with van der Waals surface area (Å²) in [5.74, 6) is 0.480. The lowest BCUT2D eigenvalue weighted by molar-refractivity contribution is 0.191. The summed E-state index contributed by atoms with van der Waals surface area (Å²) in [5.41, 5.74) is 5.52. The summed E-state index contributed by atoms with van der Waals surface area (Å²) >= 11 is 5.62. The minimum Gasteiger partial charge on any atom is -0.465 e. The van der Waals surface area contributed by atoms with E-state index in [0.717, 1.165) is 0 Å². The number of hydrogen-bond donors (Lipinski definition) is 3. The van der Waals surface area contributed by atoms with Crippen LogP contribution in [0.3, 0.4) is 0 Å². The first-order valence-corrected chi connectivity index (χ1v) is 5.34. The maximum Gasteiger partial charge on any atom is 0.404 e. The molecule has 0 aromatic carbocycles. The van der Waals surface area contributed by atoms with Crippen LogP contribution in [0.1, 0.15) is 6.42 Å². The Labute approximate surface area is 102 Å². The molecule has 0 radical (unpaired) electrons. The number of hydrogen-bond acceptors (Lipinski definition) is 6. The Morgan fingerprint density at radius 3 is 3.00 bits per heavy atom. The van der Waals surface area contributed by atoms with Gasteiger partial charge < -0.3 is 21.1 Å². The lowest BCUT2D eigenvalue weighted by Crippen LogP contribution is -2.36. The van der Waals surface area contributed by atoms with Gasteiger partial charge in [-0.25, -0.2) is 4.79 Å². The Balaban J connectivity index is 2.04. The molecular formula is C8H11ClN6O2. The van der Waals surface area contributed by atoms with Gasteiger partial charge in [-0.05, 0) is 6.42 Å². The highest BCUT2D eigenvalue weighted by Crippen LogP contribution is 2.19. The number of nitrogens with one attached hydrogen (secondary N) is 1. The minimum atomic E-state index is -1.04. The van der Waals surface area contributed by atoms with Gasteiger partial charge >= 0.3 is 6.09 Å². The summed E-state index contributed by atoms with van der Waals surface area (Å²) in [5, 5.41) is 18.5. The molecule has 1 amide bonds. The number of halogens is 1. The molecule has 8 nitrogen and oxygen atoms in total. The number of nitrogens with two attached hydrogens (primary N) is 1. The molecule has 1 aromatic heterocycles. The van der Waals surface area contributed by atoms with Crippen molar-refractivity contribution in [2.75, 3.05) is 23.7 Å². The SMILES string of the molecule is Nc1nc(N2CCC(NC(=O)O)C2)nnc1Cl. The van der Waals surface area contributed by atoms with Gasteiger partial charge in [0.2, 0.25) is 5.95 Å². The first-order chi connectivity index (χ1) is 8.06. The fourth-order valence-corrected chi connectivity index (χ4v) is 1.76. The summed E-state index contributed by atoms with van der Waals surface area (Å²) in [6, 6.07) is -0.131. The third-order valence-corrected chi connectivity index (χ3v) is 2.73. The Morgan fingerprint density at radius 1 is 1.59 bits per heavy atom. The average Bonchev–Trinajstić information content (AvgIpc) is 2.69. The van der Waals surface area contributed by atoms with Crippen LogP contribution in [0.25, 0.3) is 0 Å². The van der Waals surface area contributed by atoms with Gasteiger partial charge in [0.05, 0.1) is 6.04 Å². The smallest absolute Gasteiger partial charge is 0.404 e. The summed E-state index contributed by atoms with van der Waals surface area (Å²) in [6.07, 6.45) is -0.343. The lowest BCUT2D eigenvalue weighted by atomic mass is 10.3. The maximum atomic E-state index is 10.5. The van der Waals surface area contributed by atoms with Gasteiger partial charge in [-0.1, -0.05) is 11.6 Å². The minimum absolute atomic E-state index is 0.0631. The zero-order chi connectivity index (χ0) is 12.4. The van der Waals surface area contributed by atoms with Gasteiger partial charge in [0.15, 0.2) is 11.0 Å². The molecule has 1 saturated heterocycles. The molecule has 2 heterocycles. The van der Waals surface area contributed by atoms with Crippen molar-refractivity contribution >= 4 is 29.5 Å². The van der Waals surface area contributed by atoms with Crippen molar-refractivity contribution in [1.29, 1.82) is 0 Å². The van der Waals surface area contributed by atoms with Gasteiger partial charge in [-0.15, -0.1) is 10.2 Å². The number of aromatic nitrogens is 3. The van der Waals surface area contributed by atoms with E-state index in [9.17, 15) is 4.79 Å². The Kier molecular flexibility index (Phi) is 3.14. The maximum absolute atomic E-state index is 10.5. The molecule has 1 fully saturated rings.